The van der Waals surface area contributed by atoms with Crippen molar-refractivity contribution in [2.24, 2.45) is 5.73 Å². The van der Waals surface area contributed by atoms with Gasteiger partial charge in [0.15, 0.2) is 11.5 Å². The molecular weight excluding hydrogens is 230 g/mol. The molecule has 0 atom stereocenters. The normalized spacial score (nSPS) is 10.1. The van der Waals surface area contributed by atoms with Gasteiger partial charge in [-0.1, -0.05) is 6.07 Å². The van der Waals surface area contributed by atoms with Crippen LogP contribution in [0.1, 0.15) is 12.5 Å². The molecule has 1 aromatic carbocycles. The number of hydrogen-bond acceptors (Lipinski definition) is 5. The molecule has 2 rings (SSSR count). The van der Waals surface area contributed by atoms with Gasteiger partial charge in [0.2, 0.25) is 0 Å². The number of nitrogens with two attached hydrogens (primary N) is 1. The molecule has 5 nitrogen and oxygen atoms in total. The quantitative estimate of drug-likeness (QED) is 0.873. The number of ether oxygens (including phenoxy) is 2. The number of rotatable bonds is 5. The minimum Gasteiger partial charge on any atom is -0.490 e. The molecule has 0 aliphatic rings. The fourth-order valence-corrected chi connectivity index (χ4v) is 1.47. The number of hydrogen-bond donors (Lipinski definition) is 1. The number of aromatic nitrogens is 2. The molecule has 0 saturated heterocycles. The Morgan fingerprint density at radius 3 is 2.61 bits per heavy atom. The Bertz CT molecular complexity index is 503. The van der Waals surface area contributed by atoms with Crippen molar-refractivity contribution in [2.45, 2.75) is 13.5 Å². The molecule has 2 N–H and O–H groups in total. The Labute approximate surface area is 106 Å². The summed E-state index contributed by atoms with van der Waals surface area (Å²) in [5.74, 6) is 1.23. The standard InChI is InChI=1S/C13H15N3O2/c1-2-17-12-8-10(9-14)4-5-11(12)18-13-15-6-3-7-16-13/h3-8H,2,9,14H2,1H3. The van der Waals surface area contributed by atoms with E-state index in [1.54, 1.807) is 18.5 Å². The van der Waals surface area contributed by atoms with Crippen LogP contribution in [0.15, 0.2) is 36.7 Å². The SMILES string of the molecule is CCOc1cc(CN)ccc1Oc1ncccn1. The van der Waals surface area contributed by atoms with E-state index in [0.29, 0.717) is 30.7 Å². The summed E-state index contributed by atoms with van der Waals surface area (Å²) < 4.78 is 11.1. The highest BCUT2D eigenvalue weighted by Gasteiger charge is 2.08. The van der Waals surface area contributed by atoms with E-state index >= 15 is 0 Å². The van der Waals surface area contributed by atoms with Crippen LogP contribution in [0, 0.1) is 0 Å². The highest BCUT2D eigenvalue weighted by molar-refractivity contribution is 5.44. The van der Waals surface area contributed by atoms with Crippen molar-refractivity contribution in [3.05, 3.63) is 42.2 Å². The van der Waals surface area contributed by atoms with Crippen LogP contribution in [0.2, 0.25) is 0 Å². The maximum atomic E-state index is 5.60. The van der Waals surface area contributed by atoms with Crippen molar-refractivity contribution in [1.82, 2.24) is 9.97 Å². The number of benzene rings is 1. The summed E-state index contributed by atoms with van der Waals surface area (Å²) in [7, 11) is 0. The smallest absolute Gasteiger partial charge is 0.321 e. The second kappa shape index (κ2) is 5.97. The first-order chi connectivity index (χ1) is 8.83. The van der Waals surface area contributed by atoms with Crippen LogP contribution in [-0.2, 0) is 6.54 Å². The van der Waals surface area contributed by atoms with Gasteiger partial charge in [-0.3, -0.25) is 0 Å². The van der Waals surface area contributed by atoms with Crippen molar-refractivity contribution in [2.75, 3.05) is 6.61 Å². The molecule has 2 aromatic rings. The lowest BCUT2D eigenvalue weighted by Crippen LogP contribution is -2.00. The summed E-state index contributed by atoms with van der Waals surface area (Å²) in [5.41, 5.74) is 6.58. The van der Waals surface area contributed by atoms with Gasteiger partial charge >= 0.3 is 6.01 Å². The van der Waals surface area contributed by atoms with Crippen molar-refractivity contribution >= 4 is 0 Å². The molecule has 0 aliphatic carbocycles. The molecule has 18 heavy (non-hydrogen) atoms. The van der Waals surface area contributed by atoms with Crippen molar-refractivity contribution in [3.63, 3.8) is 0 Å². The van der Waals surface area contributed by atoms with E-state index in [1.165, 1.54) is 0 Å². The van der Waals surface area contributed by atoms with E-state index in [0.717, 1.165) is 5.56 Å². The van der Waals surface area contributed by atoms with Crippen LogP contribution in [0.4, 0.5) is 0 Å². The lowest BCUT2D eigenvalue weighted by molar-refractivity contribution is 0.316. The molecule has 1 aromatic heterocycles. The molecule has 0 saturated carbocycles. The van der Waals surface area contributed by atoms with Crippen LogP contribution in [0.5, 0.6) is 17.5 Å². The third-order valence-corrected chi connectivity index (χ3v) is 2.29. The maximum Gasteiger partial charge on any atom is 0.321 e. The molecular formula is C13H15N3O2. The van der Waals surface area contributed by atoms with Gasteiger partial charge in [0.05, 0.1) is 6.61 Å². The maximum absolute atomic E-state index is 5.60. The minimum atomic E-state index is 0.291. The fourth-order valence-electron chi connectivity index (χ4n) is 1.47. The van der Waals surface area contributed by atoms with Crippen LogP contribution < -0.4 is 15.2 Å². The zero-order valence-corrected chi connectivity index (χ0v) is 10.2. The zero-order valence-electron chi connectivity index (χ0n) is 10.2. The Morgan fingerprint density at radius 1 is 1.17 bits per heavy atom. The predicted molar refractivity (Wildman–Crippen MR) is 67.6 cm³/mol. The van der Waals surface area contributed by atoms with E-state index < -0.39 is 0 Å². The van der Waals surface area contributed by atoms with E-state index in [-0.39, 0.29) is 0 Å². The van der Waals surface area contributed by atoms with E-state index in [2.05, 4.69) is 9.97 Å². The average Bonchev–Trinajstić information content (AvgIpc) is 2.42. The molecule has 5 heteroatoms. The van der Waals surface area contributed by atoms with Crippen molar-refractivity contribution in [1.29, 1.82) is 0 Å². The van der Waals surface area contributed by atoms with Crippen molar-refractivity contribution < 1.29 is 9.47 Å². The monoisotopic (exact) mass is 245 g/mol. The molecule has 0 fully saturated rings. The second-order valence-electron chi connectivity index (χ2n) is 3.55. The first-order valence-corrected chi connectivity index (χ1v) is 5.74. The summed E-state index contributed by atoms with van der Waals surface area (Å²) >= 11 is 0. The summed E-state index contributed by atoms with van der Waals surface area (Å²) in [6.07, 6.45) is 3.24. The van der Waals surface area contributed by atoms with Crippen LogP contribution in [0.3, 0.4) is 0 Å². The van der Waals surface area contributed by atoms with Crippen LogP contribution >= 0.6 is 0 Å². The van der Waals surface area contributed by atoms with Gasteiger partial charge in [0.1, 0.15) is 0 Å². The summed E-state index contributed by atoms with van der Waals surface area (Å²) in [6, 6.07) is 7.58. The van der Waals surface area contributed by atoms with Gasteiger partial charge in [-0.05, 0) is 30.7 Å². The second-order valence-corrected chi connectivity index (χ2v) is 3.55. The molecule has 0 radical (unpaired) electrons. The molecule has 0 amide bonds. The lowest BCUT2D eigenvalue weighted by Gasteiger charge is -2.11. The van der Waals surface area contributed by atoms with Gasteiger partial charge in [-0.25, -0.2) is 9.97 Å². The van der Waals surface area contributed by atoms with Gasteiger partial charge in [-0.2, -0.15) is 0 Å². The Kier molecular flexibility index (Phi) is 4.09. The van der Waals surface area contributed by atoms with Gasteiger partial charge in [-0.15, -0.1) is 0 Å². The molecule has 1 heterocycles. The summed E-state index contributed by atoms with van der Waals surface area (Å²) in [5, 5.41) is 0. The highest BCUT2D eigenvalue weighted by atomic mass is 16.5. The van der Waals surface area contributed by atoms with Gasteiger partial charge in [0.25, 0.3) is 0 Å². The Balaban J connectivity index is 2.26. The zero-order chi connectivity index (χ0) is 12.8. The third kappa shape index (κ3) is 2.95. The van der Waals surface area contributed by atoms with E-state index in [1.807, 2.05) is 25.1 Å². The summed E-state index contributed by atoms with van der Waals surface area (Å²) in [6.45, 7) is 2.93. The largest absolute Gasteiger partial charge is 0.490 e. The predicted octanol–water partition coefficient (Wildman–Crippen LogP) is 2.13. The molecule has 0 spiro atoms. The lowest BCUT2D eigenvalue weighted by atomic mass is 10.2. The van der Waals surface area contributed by atoms with Gasteiger partial charge in [0, 0.05) is 18.9 Å². The Morgan fingerprint density at radius 2 is 1.94 bits per heavy atom. The summed E-state index contributed by atoms with van der Waals surface area (Å²) in [4.78, 5) is 8.01. The van der Waals surface area contributed by atoms with E-state index in [9.17, 15) is 0 Å². The highest BCUT2D eigenvalue weighted by Crippen LogP contribution is 2.31. The van der Waals surface area contributed by atoms with Crippen molar-refractivity contribution in [3.8, 4) is 17.5 Å². The molecule has 94 valence electrons. The Hall–Kier alpha value is -2.14. The van der Waals surface area contributed by atoms with E-state index in [4.69, 9.17) is 15.2 Å². The first kappa shape index (κ1) is 12.3. The minimum absolute atomic E-state index is 0.291. The first-order valence-electron chi connectivity index (χ1n) is 5.74. The van der Waals surface area contributed by atoms with Crippen LogP contribution in [-0.4, -0.2) is 16.6 Å². The topological polar surface area (TPSA) is 70.3 Å². The molecule has 0 aliphatic heterocycles. The number of nitrogens with zero attached hydrogens (tertiary/aromatic N) is 2. The third-order valence-electron chi connectivity index (χ3n) is 2.29. The average molecular weight is 245 g/mol. The van der Waals surface area contributed by atoms with Gasteiger partial charge < -0.3 is 15.2 Å². The van der Waals surface area contributed by atoms with Crippen LogP contribution in [0.25, 0.3) is 0 Å². The molecule has 0 unspecified atom stereocenters. The fraction of sp³-hybridized carbons (Fsp3) is 0.231. The molecule has 0 bridgehead atoms.